The van der Waals surface area contributed by atoms with Crippen LogP contribution in [0.1, 0.15) is 57.1 Å². The lowest BCUT2D eigenvalue weighted by Gasteiger charge is -2.15. The first kappa shape index (κ1) is 15.0. The summed E-state index contributed by atoms with van der Waals surface area (Å²) in [6.07, 6.45) is 3.29. The molecule has 0 aromatic heterocycles. The Bertz CT molecular complexity index is 358. The fourth-order valence-corrected chi connectivity index (χ4v) is 1.99. The monoisotopic (exact) mass is 249 g/mol. The highest BCUT2D eigenvalue weighted by Crippen LogP contribution is 2.27. The van der Waals surface area contributed by atoms with Crippen LogP contribution in [0, 0.1) is 6.92 Å². The lowest BCUT2D eigenvalue weighted by Crippen LogP contribution is -2.14. The highest BCUT2D eigenvalue weighted by Gasteiger charge is 2.07. The van der Waals surface area contributed by atoms with Crippen molar-refractivity contribution < 1.29 is 4.74 Å². The van der Waals surface area contributed by atoms with Gasteiger partial charge in [-0.25, -0.2) is 0 Å². The Morgan fingerprint density at radius 3 is 2.50 bits per heavy atom. The number of nitrogens with two attached hydrogens (primary N) is 1. The summed E-state index contributed by atoms with van der Waals surface area (Å²) in [5.41, 5.74) is 8.28. The number of unbranched alkanes of at least 4 members (excludes halogenated alkanes) is 1. The molecule has 1 unspecified atom stereocenters. The predicted octanol–water partition coefficient (Wildman–Crippen LogP) is 4.01. The third-order valence-electron chi connectivity index (χ3n) is 3.10. The molecule has 0 saturated heterocycles. The van der Waals surface area contributed by atoms with Crippen molar-refractivity contribution in [2.45, 2.75) is 58.9 Å². The molecule has 18 heavy (non-hydrogen) atoms. The van der Waals surface area contributed by atoms with E-state index in [2.05, 4.69) is 45.9 Å². The van der Waals surface area contributed by atoms with E-state index in [-0.39, 0.29) is 0 Å². The van der Waals surface area contributed by atoms with E-state index >= 15 is 0 Å². The smallest absolute Gasteiger partial charge is 0.122 e. The number of benzene rings is 1. The van der Waals surface area contributed by atoms with Gasteiger partial charge in [0.05, 0.1) is 6.61 Å². The molecule has 0 saturated carbocycles. The van der Waals surface area contributed by atoms with Crippen LogP contribution in [0.5, 0.6) is 5.75 Å². The van der Waals surface area contributed by atoms with Crippen LogP contribution in [0.4, 0.5) is 0 Å². The molecule has 0 spiro atoms. The Labute approximate surface area is 112 Å². The number of rotatable bonds is 7. The third kappa shape index (κ3) is 5.09. The van der Waals surface area contributed by atoms with Crippen molar-refractivity contribution in [3.63, 3.8) is 0 Å². The van der Waals surface area contributed by atoms with E-state index in [4.69, 9.17) is 10.5 Å². The van der Waals surface area contributed by atoms with Gasteiger partial charge in [0.15, 0.2) is 0 Å². The first-order chi connectivity index (χ1) is 8.50. The van der Waals surface area contributed by atoms with Crippen molar-refractivity contribution >= 4 is 0 Å². The van der Waals surface area contributed by atoms with Gasteiger partial charge in [-0.15, -0.1) is 0 Å². The van der Waals surface area contributed by atoms with Gasteiger partial charge in [-0.05, 0) is 56.2 Å². The van der Waals surface area contributed by atoms with Crippen LogP contribution in [0.25, 0.3) is 0 Å². The summed E-state index contributed by atoms with van der Waals surface area (Å²) in [5, 5.41) is 0. The summed E-state index contributed by atoms with van der Waals surface area (Å²) in [5.74, 6) is 1.55. The van der Waals surface area contributed by atoms with E-state index in [0.717, 1.165) is 31.6 Å². The molecule has 0 amide bonds. The van der Waals surface area contributed by atoms with Crippen LogP contribution in [0.3, 0.4) is 0 Å². The van der Waals surface area contributed by atoms with Crippen molar-refractivity contribution in [3.05, 3.63) is 29.3 Å². The minimum absolute atomic E-state index is 0.301. The Morgan fingerprint density at radius 2 is 1.89 bits per heavy atom. The summed E-state index contributed by atoms with van der Waals surface area (Å²) in [4.78, 5) is 0. The van der Waals surface area contributed by atoms with Gasteiger partial charge < -0.3 is 10.5 Å². The average molecular weight is 249 g/mol. The van der Waals surface area contributed by atoms with Gasteiger partial charge >= 0.3 is 0 Å². The fraction of sp³-hybridized carbons (Fsp3) is 0.625. The molecule has 1 rings (SSSR count). The summed E-state index contributed by atoms with van der Waals surface area (Å²) < 4.78 is 5.92. The van der Waals surface area contributed by atoms with Gasteiger partial charge in [0, 0.05) is 6.04 Å². The topological polar surface area (TPSA) is 35.2 Å². The Morgan fingerprint density at radius 1 is 1.17 bits per heavy atom. The van der Waals surface area contributed by atoms with Gasteiger partial charge in [0.1, 0.15) is 5.75 Å². The maximum absolute atomic E-state index is 5.92. The van der Waals surface area contributed by atoms with E-state index in [1.165, 1.54) is 11.1 Å². The van der Waals surface area contributed by atoms with Crippen molar-refractivity contribution in [2.24, 2.45) is 5.73 Å². The van der Waals surface area contributed by atoms with Gasteiger partial charge in [0.25, 0.3) is 0 Å². The number of ether oxygens (including phenoxy) is 1. The first-order valence-electron chi connectivity index (χ1n) is 6.99. The second-order valence-corrected chi connectivity index (χ2v) is 5.52. The lowest BCUT2D eigenvalue weighted by molar-refractivity contribution is 0.299. The standard InChI is InChI=1S/C16H27NO/c1-12(2)15-9-8-13(3)11-16(15)18-10-6-5-7-14(4)17/h8-9,11-12,14H,5-7,10,17H2,1-4H3. The Balaban J connectivity index is 2.48. The quantitative estimate of drug-likeness (QED) is 0.741. The number of hydrogen-bond acceptors (Lipinski definition) is 2. The lowest BCUT2D eigenvalue weighted by atomic mass is 10.0. The van der Waals surface area contributed by atoms with E-state index in [9.17, 15) is 0 Å². The van der Waals surface area contributed by atoms with Gasteiger partial charge in [0.2, 0.25) is 0 Å². The van der Waals surface area contributed by atoms with Crippen molar-refractivity contribution in [1.82, 2.24) is 0 Å². The predicted molar refractivity (Wildman–Crippen MR) is 78.3 cm³/mol. The molecule has 2 N–H and O–H groups in total. The van der Waals surface area contributed by atoms with Crippen LogP contribution >= 0.6 is 0 Å². The molecule has 1 aromatic rings. The van der Waals surface area contributed by atoms with Crippen LogP contribution in [0.2, 0.25) is 0 Å². The second-order valence-electron chi connectivity index (χ2n) is 5.52. The maximum atomic E-state index is 5.92. The van der Waals surface area contributed by atoms with Crippen molar-refractivity contribution in [1.29, 1.82) is 0 Å². The zero-order valence-electron chi connectivity index (χ0n) is 12.2. The first-order valence-corrected chi connectivity index (χ1v) is 6.99. The normalized spacial score (nSPS) is 12.8. The zero-order valence-corrected chi connectivity index (χ0v) is 12.2. The molecule has 0 aliphatic carbocycles. The largest absolute Gasteiger partial charge is 0.493 e. The summed E-state index contributed by atoms with van der Waals surface area (Å²) in [6.45, 7) is 9.35. The van der Waals surface area contributed by atoms with E-state index in [0.29, 0.717) is 12.0 Å². The Hall–Kier alpha value is -1.02. The molecular formula is C16H27NO. The fourth-order valence-electron chi connectivity index (χ4n) is 1.99. The molecule has 102 valence electrons. The highest BCUT2D eigenvalue weighted by molar-refractivity contribution is 5.39. The van der Waals surface area contributed by atoms with Gasteiger partial charge in [-0.1, -0.05) is 26.0 Å². The average Bonchev–Trinajstić information content (AvgIpc) is 2.27. The van der Waals surface area contributed by atoms with E-state index < -0.39 is 0 Å². The third-order valence-corrected chi connectivity index (χ3v) is 3.10. The second kappa shape index (κ2) is 7.42. The van der Waals surface area contributed by atoms with Crippen LogP contribution < -0.4 is 10.5 Å². The van der Waals surface area contributed by atoms with Crippen LogP contribution in [0.15, 0.2) is 18.2 Å². The van der Waals surface area contributed by atoms with E-state index in [1.54, 1.807) is 0 Å². The summed E-state index contributed by atoms with van der Waals surface area (Å²) in [6, 6.07) is 6.77. The molecule has 1 aromatic carbocycles. The van der Waals surface area contributed by atoms with Gasteiger partial charge in [-0.3, -0.25) is 0 Å². The van der Waals surface area contributed by atoms with E-state index in [1.807, 2.05) is 0 Å². The molecule has 1 atom stereocenters. The molecule has 0 bridgehead atoms. The molecule has 0 aliphatic rings. The SMILES string of the molecule is Cc1ccc(C(C)C)c(OCCCCC(C)N)c1. The van der Waals surface area contributed by atoms with Crippen molar-refractivity contribution in [2.75, 3.05) is 6.61 Å². The summed E-state index contributed by atoms with van der Waals surface area (Å²) >= 11 is 0. The zero-order chi connectivity index (χ0) is 13.5. The summed E-state index contributed by atoms with van der Waals surface area (Å²) in [7, 11) is 0. The van der Waals surface area contributed by atoms with Gasteiger partial charge in [-0.2, -0.15) is 0 Å². The minimum atomic E-state index is 0.301. The van der Waals surface area contributed by atoms with Crippen molar-refractivity contribution in [3.8, 4) is 5.75 Å². The minimum Gasteiger partial charge on any atom is -0.493 e. The molecule has 0 aliphatic heterocycles. The molecule has 2 heteroatoms. The number of aryl methyl sites for hydroxylation is 1. The molecule has 0 heterocycles. The molecular weight excluding hydrogens is 222 g/mol. The number of hydrogen-bond donors (Lipinski definition) is 1. The maximum Gasteiger partial charge on any atom is 0.122 e. The Kier molecular flexibility index (Phi) is 6.20. The molecule has 0 fully saturated rings. The van der Waals surface area contributed by atoms with Crippen LogP contribution in [-0.2, 0) is 0 Å². The van der Waals surface area contributed by atoms with Crippen LogP contribution in [-0.4, -0.2) is 12.6 Å². The highest BCUT2D eigenvalue weighted by atomic mass is 16.5. The molecule has 0 radical (unpaired) electrons. The molecule has 2 nitrogen and oxygen atoms in total.